The summed E-state index contributed by atoms with van der Waals surface area (Å²) in [6, 6.07) is 8.06. The summed E-state index contributed by atoms with van der Waals surface area (Å²) < 4.78 is 0. The summed E-state index contributed by atoms with van der Waals surface area (Å²) >= 11 is 3.41. The minimum Gasteiger partial charge on any atom is -0.348 e. The number of hydrogen-bond donors (Lipinski definition) is 1. The second kappa shape index (κ2) is 7.06. The molecule has 1 N–H and O–H groups in total. The first-order chi connectivity index (χ1) is 9.22. The van der Waals surface area contributed by atoms with Crippen molar-refractivity contribution in [2.24, 2.45) is 0 Å². The molecule has 0 spiro atoms. The Morgan fingerprint density at radius 3 is 2.79 bits per heavy atom. The highest BCUT2D eigenvalue weighted by atomic mass is 79.9. The number of benzene rings is 1. The number of amides is 1. The molecule has 1 fully saturated rings. The van der Waals surface area contributed by atoms with Gasteiger partial charge in [-0.25, -0.2) is 0 Å². The topological polar surface area (TPSA) is 32.3 Å². The Labute approximate surface area is 123 Å². The minimum absolute atomic E-state index is 0.0454. The van der Waals surface area contributed by atoms with Crippen molar-refractivity contribution in [2.45, 2.75) is 31.1 Å². The van der Waals surface area contributed by atoms with Gasteiger partial charge in [-0.05, 0) is 43.6 Å². The highest BCUT2D eigenvalue weighted by molar-refractivity contribution is 9.08. The van der Waals surface area contributed by atoms with E-state index in [2.05, 4.69) is 33.1 Å². The number of nitrogens with zero attached hydrogens (tertiary/aromatic N) is 1. The lowest BCUT2D eigenvalue weighted by Crippen LogP contribution is -2.47. The van der Waals surface area contributed by atoms with E-state index in [4.69, 9.17) is 0 Å². The van der Waals surface area contributed by atoms with Crippen molar-refractivity contribution < 1.29 is 4.79 Å². The first kappa shape index (κ1) is 14.5. The number of nitrogens with one attached hydrogen (secondary N) is 1. The molecular weight excluding hydrogens is 304 g/mol. The number of carbonyl (C=O) groups is 1. The third-order valence-corrected chi connectivity index (χ3v) is 4.31. The Balaban J connectivity index is 1.92. The van der Waals surface area contributed by atoms with E-state index in [1.54, 1.807) is 0 Å². The van der Waals surface area contributed by atoms with Crippen LogP contribution in [-0.4, -0.2) is 36.5 Å². The Morgan fingerprint density at radius 1 is 1.42 bits per heavy atom. The summed E-state index contributed by atoms with van der Waals surface area (Å²) in [7, 11) is 0. The molecular formula is C15H21BrN2O. The summed E-state index contributed by atoms with van der Waals surface area (Å²) in [5.74, 6) is 0.0454. The van der Waals surface area contributed by atoms with Crippen molar-refractivity contribution in [1.82, 2.24) is 10.2 Å². The van der Waals surface area contributed by atoms with Gasteiger partial charge >= 0.3 is 0 Å². The quantitative estimate of drug-likeness (QED) is 0.864. The molecule has 1 unspecified atom stereocenters. The SMILES string of the molecule is CCN1CCCC(NC(=O)c2ccc(CBr)cc2)C1. The zero-order chi connectivity index (χ0) is 13.7. The van der Waals surface area contributed by atoms with Gasteiger partial charge in [-0.15, -0.1) is 0 Å². The fourth-order valence-corrected chi connectivity index (χ4v) is 2.85. The first-order valence-corrected chi connectivity index (χ1v) is 8.03. The van der Waals surface area contributed by atoms with E-state index >= 15 is 0 Å². The maximum atomic E-state index is 12.2. The fraction of sp³-hybridized carbons (Fsp3) is 0.533. The van der Waals surface area contributed by atoms with E-state index in [-0.39, 0.29) is 11.9 Å². The molecule has 1 atom stereocenters. The second-order valence-corrected chi connectivity index (χ2v) is 5.60. The van der Waals surface area contributed by atoms with Crippen LogP contribution in [0.3, 0.4) is 0 Å². The van der Waals surface area contributed by atoms with Crippen LogP contribution in [0.1, 0.15) is 35.7 Å². The van der Waals surface area contributed by atoms with E-state index in [0.717, 1.165) is 36.9 Å². The van der Waals surface area contributed by atoms with Gasteiger partial charge in [0.05, 0.1) is 0 Å². The van der Waals surface area contributed by atoms with Crippen molar-refractivity contribution >= 4 is 21.8 Å². The van der Waals surface area contributed by atoms with Gasteiger partial charge in [0.2, 0.25) is 0 Å². The molecule has 0 bridgehead atoms. The standard InChI is InChI=1S/C15H21BrN2O/c1-2-18-9-3-4-14(11-18)17-15(19)13-7-5-12(10-16)6-8-13/h5-8,14H,2-4,9-11H2,1H3,(H,17,19). The average Bonchev–Trinajstić information content (AvgIpc) is 2.47. The smallest absolute Gasteiger partial charge is 0.251 e. The Bertz CT molecular complexity index is 419. The highest BCUT2D eigenvalue weighted by Crippen LogP contribution is 2.12. The number of hydrogen-bond acceptors (Lipinski definition) is 2. The summed E-state index contributed by atoms with van der Waals surface area (Å²) in [5.41, 5.74) is 1.93. The molecule has 19 heavy (non-hydrogen) atoms. The number of halogens is 1. The molecule has 1 aliphatic rings. The van der Waals surface area contributed by atoms with Crippen molar-refractivity contribution in [3.8, 4) is 0 Å². The Kier molecular flexibility index (Phi) is 5.40. The fourth-order valence-electron chi connectivity index (χ4n) is 2.47. The molecule has 0 aliphatic carbocycles. The van der Waals surface area contributed by atoms with Crippen LogP contribution in [0.2, 0.25) is 0 Å². The van der Waals surface area contributed by atoms with E-state index in [1.165, 1.54) is 12.0 Å². The first-order valence-electron chi connectivity index (χ1n) is 6.91. The molecule has 2 rings (SSSR count). The normalized spacial score (nSPS) is 20.2. The highest BCUT2D eigenvalue weighted by Gasteiger charge is 2.20. The van der Waals surface area contributed by atoms with Crippen LogP contribution in [-0.2, 0) is 5.33 Å². The van der Waals surface area contributed by atoms with E-state index in [0.29, 0.717) is 0 Å². The molecule has 1 aromatic rings. The molecule has 1 amide bonds. The Hall–Kier alpha value is -0.870. The largest absolute Gasteiger partial charge is 0.348 e. The number of carbonyl (C=O) groups excluding carboxylic acids is 1. The zero-order valence-electron chi connectivity index (χ0n) is 11.4. The summed E-state index contributed by atoms with van der Waals surface area (Å²) in [6.45, 7) is 5.36. The average molecular weight is 325 g/mol. The molecule has 104 valence electrons. The number of alkyl halides is 1. The monoisotopic (exact) mass is 324 g/mol. The van der Waals surface area contributed by atoms with Crippen LogP contribution in [0.15, 0.2) is 24.3 Å². The second-order valence-electron chi connectivity index (χ2n) is 5.04. The van der Waals surface area contributed by atoms with Crippen LogP contribution in [0.5, 0.6) is 0 Å². The Morgan fingerprint density at radius 2 is 2.16 bits per heavy atom. The van der Waals surface area contributed by atoms with Gasteiger partial charge in [-0.3, -0.25) is 4.79 Å². The van der Waals surface area contributed by atoms with Gasteiger partial charge in [-0.1, -0.05) is 35.0 Å². The van der Waals surface area contributed by atoms with E-state index in [9.17, 15) is 4.79 Å². The predicted molar refractivity (Wildman–Crippen MR) is 81.7 cm³/mol. The predicted octanol–water partition coefficient (Wildman–Crippen LogP) is 2.80. The molecule has 0 radical (unpaired) electrons. The maximum absolute atomic E-state index is 12.2. The molecule has 1 aliphatic heterocycles. The van der Waals surface area contributed by atoms with Crippen molar-refractivity contribution in [3.63, 3.8) is 0 Å². The number of rotatable bonds is 4. The van der Waals surface area contributed by atoms with Gasteiger partial charge < -0.3 is 10.2 Å². The summed E-state index contributed by atoms with van der Waals surface area (Å²) in [5, 5.41) is 3.97. The molecule has 3 nitrogen and oxygen atoms in total. The van der Waals surface area contributed by atoms with Crippen LogP contribution >= 0.6 is 15.9 Å². The van der Waals surface area contributed by atoms with Crippen molar-refractivity contribution in [2.75, 3.05) is 19.6 Å². The van der Waals surface area contributed by atoms with Crippen molar-refractivity contribution in [1.29, 1.82) is 0 Å². The number of likely N-dealkylation sites (N-methyl/N-ethyl adjacent to an activating group) is 1. The molecule has 4 heteroatoms. The van der Waals surface area contributed by atoms with Crippen LogP contribution < -0.4 is 5.32 Å². The van der Waals surface area contributed by atoms with E-state index in [1.807, 2.05) is 24.3 Å². The molecule has 1 heterocycles. The zero-order valence-corrected chi connectivity index (χ0v) is 12.9. The van der Waals surface area contributed by atoms with Crippen molar-refractivity contribution in [3.05, 3.63) is 35.4 Å². The van der Waals surface area contributed by atoms with Gasteiger partial charge in [0, 0.05) is 23.5 Å². The van der Waals surface area contributed by atoms with Gasteiger partial charge in [0.25, 0.3) is 5.91 Å². The summed E-state index contributed by atoms with van der Waals surface area (Å²) in [4.78, 5) is 14.6. The lowest BCUT2D eigenvalue weighted by molar-refractivity contribution is 0.0906. The third kappa shape index (κ3) is 4.05. The number of piperidine rings is 1. The molecule has 0 aromatic heterocycles. The van der Waals surface area contributed by atoms with Crippen LogP contribution in [0.25, 0.3) is 0 Å². The maximum Gasteiger partial charge on any atom is 0.251 e. The van der Waals surface area contributed by atoms with Gasteiger partial charge in [-0.2, -0.15) is 0 Å². The minimum atomic E-state index is 0.0454. The lowest BCUT2D eigenvalue weighted by Gasteiger charge is -2.32. The molecule has 1 saturated heterocycles. The number of likely N-dealkylation sites (tertiary alicyclic amines) is 1. The van der Waals surface area contributed by atoms with Gasteiger partial charge in [0.15, 0.2) is 0 Å². The molecule has 0 saturated carbocycles. The van der Waals surface area contributed by atoms with Crippen LogP contribution in [0, 0.1) is 0 Å². The summed E-state index contributed by atoms with van der Waals surface area (Å²) in [6.07, 6.45) is 2.25. The third-order valence-electron chi connectivity index (χ3n) is 3.66. The lowest BCUT2D eigenvalue weighted by atomic mass is 10.0. The van der Waals surface area contributed by atoms with Gasteiger partial charge in [0.1, 0.15) is 0 Å². The molecule has 1 aromatic carbocycles. The van der Waals surface area contributed by atoms with Crippen LogP contribution in [0.4, 0.5) is 0 Å². The van der Waals surface area contributed by atoms with E-state index < -0.39 is 0 Å².